The number of hydrogen-bond acceptors (Lipinski definition) is 0. The van der Waals surface area contributed by atoms with Crippen molar-refractivity contribution in [1.82, 2.24) is 0 Å². The molecule has 0 nitrogen and oxygen atoms in total. The minimum absolute atomic E-state index is 0. The third-order valence-electron chi connectivity index (χ3n) is 6.93. The van der Waals surface area contributed by atoms with E-state index in [2.05, 4.69) is 49.4 Å². The summed E-state index contributed by atoms with van der Waals surface area (Å²) in [5.74, 6) is 3.82. The molecule has 0 heterocycles. The van der Waals surface area contributed by atoms with Gasteiger partial charge in [0.15, 0.2) is 0 Å². The Morgan fingerprint density at radius 2 is 1.15 bits per heavy atom. The zero-order chi connectivity index (χ0) is 17.1. The first-order chi connectivity index (χ1) is 12.3. The van der Waals surface area contributed by atoms with Crippen LogP contribution in [0.2, 0.25) is 0 Å². The van der Waals surface area contributed by atoms with E-state index in [0.717, 1.165) is 23.7 Å². The van der Waals surface area contributed by atoms with Crippen molar-refractivity contribution < 1.29 is 32.7 Å². The molecule has 0 N–H and O–H groups in total. The van der Waals surface area contributed by atoms with Crippen molar-refractivity contribution in [2.45, 2.75) is 64.2 Å². The molecule has 2 fully saturated rings. The fourth-order valence-electron chi connectivity index (χ4n) is 5.21. The Hall–Kier alpha value is -0.456. The predicted octanol–water partition coefficient (Wildman–Crippen LogP) is 7.25. The molecule has 0 amide bonds. The summed E-state index contributed by atoms with van der Waals surface area (Å²) in [6, 6.07) is 20.7. The zero-order valence-electron chi connectivity index (χ0n) is 16.2. The van der Waals surface area contributed by atoms with Gasteiger partial charge in [-0.2, -0.15) is 30.3 Å². The van der Waals surface area contributed by atoms with Crippen molar-refractivity contribution >= 4 is 0 Å². The van der Waals surface area contributed by atoms with E-state index in [4.69, 9.17) is 0 Å². The molecule has 1 heteroatoms. The van der Waals surface area contributed by atoms with Gasteiger partial charge in [-0.15, -0.1) is 5.56 Å². The van der Waals surface area contributed by atoms with Crippen LogP contribution in [0.4, 0.5) is 0 Å². The van der Waals surface area contributed by atoms with E-state index in [0.29, 0.717) is 0 Å². The van der Waals surface area contributed by atoms with Crippen LogP contribution in [-0.2, 0) is 32.7 Å². The van der Waals surface area contributed by atoms with Crippen LogP contribution < -0.4 is 0 Å². The van der Waals surface area contributed by atoms with E-state index in [9.17, 15) is 0 Å². The average molecular weight is 420 g/mol. The molecule has 132 valence electrons. The Balaban J connectivity index is 0.00000196. The monoisotopic (exact) mass is 420 g/mol. The smallest absolute Gasteiger partial charge is 0.184 e. The molecule has 2 aliphatic carbocycles. The normalized spacial score (nSPS) is 29.0. The maximum atomic E-state index is 3.10. The fraction of sp³-hybridized carbons (Fsp3) is 0.520. The predicted molar refractivity (Wildman–Crippen MR) is 107 cm³/mol. The molecule has 2 aliphatic rings. The van der Waals surface area contributed by atoms with Crippen molar-refractivity contribution in [2.24, 2.45) is 17.8 Å². The van der Waals surface area contributed by atoms with E-state index in [1.165, 1.54) is 62.5 Å². The SMILES string of the molecule is CC1CCC(C2CCC(c3ccc(-c4cc[c-]cc4)cc3)CC2)CC1.[Y+3]. The summed E-state index contributed by atoms with van der Waals surface area (Å²) in [5, 5.41) is 0. The molecule has 0 spiro atoms. The molecule has 2 aromatic rings. The van der Waals surface area contributed by atoms with Gasteiger partial charge in [-0.25, -0.2) is 0 Å². The van der Waals surface area contributed by atoms with Gasteiger partial charge < -0.3 is 0 Å². The van der Waals surface area contributed by atoms with Crippen molar-refractivity contribution in [3.05, 3.63) is 60.2 Å². The van der Waals surface area contributed by atoms with Crippen LogP contribution in [0.15, 0.2) is 48.5 Å². The standard InChI is InChI=1S/C25H31.Y/c1-19-7-9-21(10-8-19)23-15-17-25(18-16-23)24-13-11-22(12-14-24)20-5-3-2-4-6-20;/h3-6,11-14,19,21,23,25H,7-10,15-18H2,1H3;/q-1;+3. The van der Waals surface area contributed by atoms with Crippen molar-refractivity contribution in [3.63, 3.8) is 0 Å². The van der Waals surface area contributed by atoms with Gasteiger partial charge in [-0.1, -0.05) is 44.0 Å². The van der Waals surface area contributed by atoms with Crippen LogP contribution in [-0.4, -0.2) is 0 Å². The fourth-order valence-corrected chi connectivity index (χ4v) is 5.21. The molecule has 4 rings (SSSR count). The van der Waals surface area contributed by atoms with E-state index < -0.39 is 0 Å². The van der Waals surface area contributed by atoms with Gasteiger partial charge >= 0.3 is 32.7 Å². The molecule has 2 aromatic carbocycles. The second-order valence-electron chi connectivity index (χ2n) is 8.54. The number of rotatable bonds is 3. The zero-order valence-corrected chi connectivity index (χ0v) is 19.0. The quantitative estimate of drug-likeness (QED) is 0.459. The van der Waals surface area contributed by atoms with Crippen LogP contribution in [0.25, 0.3) is 11.1 Å². The minimum Gasteiger partial charge on any atom is -0.184 e. The molecule has 0 unspecified atom stereocenters. The average Bonchev–Trinajstić information content (AvgIpc) is 2.70. The maximum absolute atomic E-state index is 3.10. The molecule has 26 heavy (non-hydrogen) atoms. The second kappa shape index (κ2) is 9.65. The van der Waals surface area contributed by atoms with E-state index in [1.807, 2.05) is 12.1 Å². The molecular weight excluding hydrogens is 389 g/mol. The Bertz CT molecular complexity index is 644. The first-order valence-electron chi connectivity index (χ1n) is 10.4. The van der Waals surface area contributed by atoms with E-state index >= 15 is 0 Å². The first-order valence-corrected chi connectivity index (χ1v) is 10.4. The maximum Gasteiger partial charge on any atom is 3.00 e. The van der Waals surface area contributed by atoms with Crippen LogP contribution in [0.5, 0.6) is 0 Å². The molecule has 0 radical (unpaired) electrons. The minimum atomic E-state index is 0. The summed E-state index contributed by atoms with van der Waals surface area (Å²) >= 11 is 0. The topological polar surface area (TPSA) is 0 Å². The molecular formula is C25H31Y+2. The van der Waals surface area contributed by atoms with Crippen LogP contribution in [0.1, 0.15) is 69.8 Å². The van der Waals surface area contributed by atoms with Gasteiger partial charge in [0, 0.05) is 0 Å². The van der Waals surface area contributed by atoms with Crippen molar-refractivity contribution in [1.29, 1.82) is 0 Å². The Morgan fingerprint density at radius 3 is 1.73 bits per heavy atom. The van der Waals surface area contributed by atoms with E-state index in [-0.39, 0.29) is 32.7 Å². The summed E-state index contributed by atoms with van der Waals surface area (Å²) in [5.41, 5.74) is 4.17. The van der Waals surface area contributed by atoms with Gasteiger partial charge in [0.05, 0.1) is 0 Å². The van der Waals surface area contributed by atoms with Gasteiger partial charge in [-0.3, -0.25) is 0 Å². The Kier molecular flexibility index (Phi) is 7.53. The number of hydrogen-bond donors (Lipinski definition) is 0. The molecule has 0 aromatic heterocycles. The van der Waals surface area contributed by atoms with Gasteiger partial charge in [0.25, 0.3) is 0 Å². The summed E-state index contributed by atoms with van der Waals surface area (Å²) in [6.45, 7) is 2.44. The van der Waals surface area contributed by atoms with Crippen LogP contribution in [0, 0.1) is 23.8 Å². The summed E-state index contributed by atoms with van der Waals surface area (Å²) in [6.07, 6.45) is 11.7. The van der Waals surface area contributed by atoms with Crippen molar-refractivity contribution in [2.75, 3.05) is 0 Å². The van der Waals surface area contributed by atoms with Gasteiger partial charge in [0.2, 0.25) is 0 Å². The molecule has 0 saturated heterocycles. The third kappa shape index (κ3) is 4.87. The molecule has 0 bridgehead atoms. The largest absolute Gasteiger partial charge is 3.00 e. The molecule has 0 aliphatic heterocycles. The van der Waals surface area contributed by atoms with E-state index in [1.54, 1.807) is 5.56 Å². The Morgan fingerprint density at radius 1 is 0.654 bits per heavy atom. The summed E-state index contributed by atoms with van der Waals surface area (Å²) in [7, 11) is 0. The van der Waals surface area contributed by atoms with Crippen LogP contribution >= 0.6 is 0 Å². The summed E-state index contributed by atoms with van der Waals surface area (Å²) in [4.78, 5) is 0. The van der Waals surface area contributed by atoms with Gasteiger partial charge in [0.1, 0.15) is 0 Å². The Labute approximate surface area is 185 Å². The van der Waals surface area contributed by atoms with Crippen LogP contribution in [0.3, 0.4) is 0 Å². The first kappa shape index (κ1) is 20.3. The van der Waals surface area contributed by atoms with Gasteiger partial charge in [-0.05, 0) is 73.3 Å². The third-order valence-corrected chi connectivity index (χ3v) is 6.93. The van der Waals surface area contributed by atoms with Crippen molar-refractivity contribution in [3.8, 4) is 11.1 Å². The second-order valence-corrected chi connectivity index (χ2v) is 8.54. The molecule has 0 atom stereocenters. The summed E-state index contributed by atoms with van der Waals surface area (Å²) < 4.78 is 0. The molecule has 2 saturated carbocycles. The number of benzene rings is 2.